The largest absolute Gasteiger partial charge is 0.387 e. The van der Waals surface area contributed by atoms with Crippen LogP contribution < -0.4 is 5.32 Å². The Labute approximate surface area is 123 Å². The number of hydrogen-bond acceptors (Lipinski definition) is 2. The first-order valence-corrected chi connectivity index (χ1v) is 6.87. The third-order valence-corrected chi connectivity index (χ3v) is 3.57. The molecule has 2 atom stereocenters. The molecule has 0 radical (unpaired) electrons. The van der Waals surface area contributed by atoms with E-state index in [-0.39, 0.29) is 11.9 Å². The quantitative estimate of drug-likeness (QED) is 0.877. The van der Waals surface area contributed by atoms with Crippen molar-refractivity contribution in [2.75, 3.05) is 6.54 Å². The van der Waals surface area contributed by atoms with Gasteiger partial charge < -0.3 is 10.4 Å². The third-order valence-electron chi connectivity index (χ3n) is 3.23. The van der Waals surface area contributed by atoms with Crippen LogP contribution in [0.3, 0.4) is 0 Å². The summed E-state index contributed by atoms with van der Waals surface area (Å²) >= 11 is 6.03. The van der Waals surface area contributed by atoms with E-state index in [4.69, 9.17) is 11.6 Å². The molecule has 0 bridgehead atoms. The second kappa shape index (κ2) is 6.84. The summed E-state index contributed by atoms with van der Waals surface area (Å²) in [7, 11) is 0. The van der Waals surface area contributed by atoms with E-state index in [0.29, 0.717) is 17.1 Å². The van der Waals surface area contributed by atoms with Crippen molar-refractivity contribution < 1.29 is 9.50 Å². The average molecular weight is 294 g/mol. The normalized spacial score (nSPS) is 14.0. The fraction of sp³-hybridized carbons (Fsp3) is 0.250. The van der Waals surface area contributed by atoms with Gasteiger partial charge in [-0.25, -0.2) is 4.39 Å². The molecule has 0 fully saturated rings. The summed E-state index contributed by atoms with van der Waals surface area (Å²) < 4.78 is 13.1. The second-order valence-corrected chi connectivity index (χ2v) is 5.13. The molecule has 2 rings (SSSR count). The molecule has 0 aliphatic rings. The molecule has 20 heavy (non-hydrogen) atoms. The Morgan fingerprint density at radius 2 is 1.95 bits per heavy atom. The molecule has 0 aromatic heterocycles. The van der Waals surface area contributed by atoms with Crippen molar-refractivity contribution in [3.63, 3.8) is 0 Å². The van der Waals surface area contributed by atoms with Crippen molar-refractivity contribution in [2.24, 2.45) is 0 Å². The molecule has 0 spiro atoms. The Morgan fingerprint density at radius 3 is 2.65 bits per heavy atom. The SMILES string of the molecule is CC(NCC(O)c1ccccc1Cl)c1cccc(F)c1. The summed E-state index contributed by atoms with van der Waals surface area (Å²) in [5.41, 5.74) is 1.53. The Hall–Kier alpha value is -1.42. The highest BCUT2D eigenvalue weighted by Crippen LogP contribution is 2.23. The van der Waals surface area contributed by atoms with Gasteiger partial charge in [0, 0.05) is 23.2 Å². The summed E-state index contributed by atoms with van der Waals surface area (Å²) in [6, 6.07) is 13.6. The molecule has 0 aliphatic carbocycles. The molecule has 2 nitrogen and oxygen atoms in total. The minimum Gasteiger partial charge on any atom is -0.387 e. The van der Waals surface area contributed by atoms with Gasteiger partial charge in [0.05, 0.1) is 6.10 Å². The van der Waals surface area contributed by atoms with Gasteiger partial charge in [-0.1, -0.05) is 41.9 Å². The summed E-state index contributed by atoms with van der Waals surface area (Å²) in [5.74, 6) is -0.261. The highest BCUT2D eigenvalue weighted by Gasteiger charge is 2.13. The zero-order valence-electron chi connectivity index (χ0n) is 11.2. The van der Waals surface area contributed by atoms with Gasteiger partial charge in [-0.3, -0.25) is 0 Å². The Balaban J connectivity index is 1.97. The summed E-state index contributed by atoms with van der Waals surface area (Å²) in [5, 5.41) is 13.8. The maximum absolute atomic E-state index is 13.1. The zero-order chi connectivity index (χ0) is 14.5. The first kappa shape index (κ1) is 15.0. The highest BCUT2D eigenvalue weighted by molar-refractivity contribution is 6.31. The molecule has 2 aromatic carbocycles. The van der Waals surface area contributed by atoms with Gasteiger partial charge in [0.1, 0.15) is 5.82 Å². The molecule has 4 heteroatoms. The van der Waals surface area contributed by atoms with E-state index in [9.17, 15) is 9.50 Å². The molecular weight excluding hydrogens is 277 g/mol. The minimum atomic E-state index is -0.695. The number of rotatable bonds is 5. The van der Waals surface area contributed by atoms with E-state index in [0.717, 1.165) is 5.56 Å². The van der Waals surface area contributed by atoms with Crippen LogP contribution in [0, 0.1) is 5.82 Å². The molecule has 0 aliphatic heterocycles. The van der Waals surface area contributed by atoms with Gasteiger partial charge in [0.15, 0.2) is 0 Å². The average Bonchev–Trinajstić information content (AvgIpc) is 2.45. The van der Waals surface area contributed by atoms with Crippen LogP contribution in [0.1, 0.15) is 30.2 Å². The smallest absolute Gasteiger partial charge is 0.123 e. The minimum absolute atomic E-state index is 0.0529. The fourth-order valence-electron chi connectivity index (χ4n) is 2.04. The fourth-order valence-corrected chi connectivity index (χ4v) is 2.30. The molecule has 2 N–H and O–H groups in total. The van der Waals surface area contributed by atoms with Gasteiger partial charge in [0.25, 0.3) is 0 Å². The molecule has 0 saturated heterocycles. The lowest BCUT2D eigenvalue weighted by Gasteiger charge is -2.18. The van der Waals surface area contributed by atoms with Crippen molar-refractivity contribution in [2.45, 2.75) is 19.1 Å². The van der Waals surface area contributed by atoms with Crippen molar-refractivity contribution in [3.05, 3.63) is 70.5 Å². The molecule has 2 aromatic rings. The van der Waals surface area contributed by atoms with Crippen LogP contribution in [-0.2, 0) is 0 Å². The van der Waals surface area contributed by atoms with Crippen molar-refractivity contribution in [1.82, 2.24) is 5.32 Å². The number of aliphatic hydroxyl groups is 1. The van der Waals surface area contributed by atoms with E-state index < -0.39 is 6.10 Å². The number of nitrogens with one attached hydrogen (secondary N) is 1. The van der Waals surface area contributed by atoms with Crippen molar-refractivity contribution >= 4 is 11.6 Å². The summed E-state index contributed by atoms with van der Waals surface area (Å²) in [6.07, 6.45) is -0.695. The Kier molecular flexibility index (Phi) is 5.12. The van der Waals surface area contributed by atoms with Crippen molar-refractivity contribution in [1.29, 1.82) is 0 Å². The van der Waals surface area contributed by atoms with E-state index in [1.165, 1.54) is 12.1 Å². The standard InChI is InChI=1S/C16H17ClFNO/c1-11(12-5-4-6-13(18)9-12)19-10-16(20)14-7-2-3-8-15(14)17/h2-9,11,16,19-20H,10H2,1H3. The van der Waals surface area contributed by atoms with Crippen molar-refractivity contribution in [3.8, 4) is 0 Å². The van der Waals surface area contributed by atoms with Gasteiger partial charge >= 0.3 is 0 Å². The van der Waals surface area contributed by atoms with E-state index >= 15 is 0 Å². The topological polar surface area (TPSA) is 32.3 Å². The van der Waals surface area contributed by atoms with E-state index in [1.807, 2.05) is 25.1 Å². The Bertz CT molecular complexity index is 576. The van der Waals surface area contributed by atoms with Crippen LogP contribution in [-0.4, -0.2) is 11.7 Å². The van der Waals surface area contributed by atoms with Gasteiger partial charge in [-0.05, 0) is 30.7 Å². The van der Waals surface area contributed by atoms with Crippen LogP contribution in [0.2, 0.25) is 5.02 Å². The zero-order valence-corrected chi connectivity index (χ0v) is 11.9. The van der Waals surface area contributed by atoms with Crippen LogP contribution >= 0.6 is 11.6 Å². The van der Waals surface area contributed by atoms with Gasteiger partial charge in [-0.15, -0.1) is 0 Å². The number of hydrogen-bond donors (Lipinski definition) is 2. The maximum atomic E-state index is 13.1. The predicted octanol–water partition coefficient (Wildman–Crippen LogP) is 3.86. The van der Waals surface area contributed by atoms with E-state index in [2.05, 4.69) is 5.32 Å². The van der Waals surface area contributed by atoms with Gasteiger partial charge in [-0.2, -0.15) is 0 Å². The number of halogens is 2. The Morgan fingerprint density at radius 1 is 1.20 bits per heavy atom. The summed E-state index contributed by atoms with van der Waals surface area (Å²) in [6.45, 7) is 2.27. The molecule has 0 heterocycles. The maximum Gasteiger partial charge on any atom is 0.123 e. The predicted molar refractivity (Wildman–Crippen MR) is 79.2 cm³/mol. The monoisotopic (exact) mass is 293 g/mol. The number of aliphatic hydroxyl groups excluding tert-OH is 1. The lowest BCUT2D eigenvalue weighted by Crippen LogP contribution is -2.24. The third kappa shape index (κ3) is 3.79. The lowest BCUT2D eigenvalue weighted by molar-refractivity contribution is 0.171. The first-order chi connectivity index (χ1) is 9.58. The van der Waals surface area contributed by atoms with E-state index in [1.54, 1.807) is 18.2 Å². The molecular formula is C16H17ClFNO. The van der Waals surface area contributed by atoms with Crippen LogP contribution in [0.5, 0.6) is 0 Å². The summed E-state index contributed by atoms with van der Waals surface area (Å²) in [4.78, 5) is 0. The first-order valence-electron chi connectivity index (χ1n) is 6.49. The van der Waals surface area contributed by atoms with Gasteiger partial charge in [0.2, 0.25) is 0 Å². The van der Waals surface area contributed by atoms with Crippen LogP contribution in [0.25, 0.3) is 0 Å². The molecule has 0 amide bonds. The van der Waals surface area contributed by atoms with Crippen LogP contribution in [0.4, 0.5) is 4.39 Å². The second-order valence-electron chi connectivity index (χ2n) is 4.72. The van der Waals surface area contributed by atoms with Crippen LogP contribution in [0.15, 0.2) is 48.5 Å². The molecule has 106 valence electrons. The lowest BCUT2D eigenvalue weighted by atomic mass is 10.1. The highest BCUT2D eigenvalue weighted by atomic mass is 35.5. The number of benzene rings is 2. The molecule has 2 unspecified atom stereocenters. The molecule has 0 saturated carbocycles.